The molecule has 2 heterocycles. The Morgan fingerprint density at radius 2 is 2.31 bits per heavy atom. The van der Waals surface area contributed by atoms with Crippen molar-refractivity contribution in [1.82, 2.24) is 0 Å². The Morgan fingerprint density at radius 1 is 1.62 bits per heavy atom. The summed E-state index contributed by atoms with van der Waals surface area (Å²) < 4.78 is 5.93. The highest BCUT2D eigenvalue weighted by molar-refractivity contribution is 8.00. The molecule has 4 atom stereocenters. The zero-order valence-corrected chi connectivity index (χ0v) is 9.43. The van der Waals surface area contributed by atoms with Crippen molar-refractivity contribution in [3.05, 3.63) is 0 Å². The Morgan fingerprint density at radius 3 is 2.69 bits per heavy atom. The predicted octanol–water partition coefficient (Wildman–Crippen LogP) is 2.05. The summed E-state index contributed by atoms with van der Waals surface area (Å²) in [5.41, 5.74) is 0.100. The SMILES string of the molecule is [B][C@@H]1O[C@@]2(CC)CSC1C2C(C)C. The lowest BCUT2D eigenvalue weighted by Crippen LogP contribution is -2.38. The van der Waals surface area contributed by atoms with E-state index < -0.39 is 0 Å². The van der Waals surface area contributed by atoms with Gasteiger partial charge in [0.05, 0.1) is 5.60 Å². The van der Waals surface area contributed by atoms with Crippen molar-refractivity contribution in [3.63, 3.8) is 0 Å². The van der Waals surface area contributed by atoms with Gasteiger partial charge in [-0.05, 0) is 12.3 Å². The molecular weight excluding hydrogens is 179 g/mol. The van der Waals surface area contributed by atoms with E-state index in [-0.39, 0.29) is 11.6 Å². The van der Waals surface area contributed by atoms with Gasteiger partial charge in [0.25, 0.3) is 0 Å². The molecule has 0 N–H and O–H groups in total. The predicted molar refractivity (Wildman–Crippen MR) is 58.2 cm³/mol. The number of hydrogen-bond donors (Lipinski definition) is 0. The molecule has 13 heavy (non-hydrogen) atoms. The van der Waals surface area contributed by atoms with Crippen molar-refractivity contribution < 1.29 is 4.74 Å². The van der Waals surface area contributed by atoms with Crippen LogP contribution in [0.15, 0.2) is 0 Å². The van der Waals surface area contributed by atoms with Crippen LogP contribution in [0.2, 0.25) is 0 Å². The zero-order valence-electron chi connectivity index (χ0n) is 8.62. The third kappa shape index (κ3) is 1.27. The summed E-state index contributed by atoms with van der Waals surface area (Å²) in [4.78, 5) is 0. The largest absolute Gasteiger partial charge is 0.379 e. The summed E-state index contributed by atoms with van der Waals surface area (Å²) in [6, 6.07) is -0.0221. The molecule has 0 aromatic rings. The van der Waals surface area contributed by atoms with Crippen molar-refractivity contribution in [2.45, 2.75) is 44.0 Å². The standard InChI is InChI=1S/C10H17BOS/c1-4-10-5-13-8(9(11)12-10)7(10)6(2)3/h6-9H,4-5H2,1-3H3/t7?,8?,9-,10+/m1/s1. The molecule has 0 aromatic carbocycles. The molecular formula is C10H17BOS. The van der Waals surface area contributed by atoms with Gasteiger partial charge in [-0.25, -0.2) is 0 Å². The Kier molecular flexibility index (Phi) is 2.44. The average molecular weight is 196 g/mol. The topological polar surface area (TPSA) is 9.23 Å². The second-order valence-corrected chi connectivity index (χ2v) is 5.71. The van der Waals surface area contributed by atoms with Crippen molar-refractivity contribution in [2.75, 3.05) is 5.75 Å². The molecule has 0 spiro atoms. The first kappa shape index (κ1) is 9.91. The normalized spacial score (nSPS) is 49.1. The summed E-state index contributed by atoms with van der Waals surface area (Å²) in [5.74, 6) is 2.50. The second-order valence-electron chi connectivity index (χ2n) is 4.55. The Bertz CT molecular complexity index is 209. The molecule has 0 aromatic heterocycles. The molecule has 2 aliphatic rings. The maximum absolute atomic E-state index is 5.97. The van der Waals surface area contributed by atoms with E-state index >= 15 is 0 Å². The Balaban J connectivity index is 2.26. The highest BCUT2D eigenvalue weighted by atomic mass is 32.2. The molecule has 3 heteroatoms. The van der Waals surface area contributed by atoms with Crippen LogP contribution in [-0.4, -0.2) is 30.5 Å². The van der Waals surface area contributed by atoms with E-state index in [0.29, 0.717) is 17.1 Å². The Labute approximate surface area is 86.4 Å². The van der Waals surface area contributed by atoms with E-state index in [1.165, 1.54) is 0 Å². The van der Waals surface area contributed by atoms with Crippen molar-refractivity contribution in [3.8, 4) is 0 Å². The monoisotopic (exact) mass is 196 g/mol. The van der Waals surface area contributed by atoms with E-state index in [2.05, 4.69) is 20.8 Å². The molecule has 2 bridgehead atoms. The number of rotatable bonds is 2. The molecule has 72 valence electrons. The van der Waals surface area contributed by atoms with Gasteiger partial charge in [0, 0.05) is 22.9 Å². The fourth-order valence-corrected chi connectivity index (χ4v) is 4.85. The summed E-state index contributed by atoms with van der Waals surface area (Å²) in [7, 11) is 5.97. The first-order valence-electron chi connectivity index (χ1n) is 5.16. The minimum Gasteiger partial charge on any atom is -0.379 e. The van der Waals surface area contributed by atoms with Gasteiger partial charge in [0.2, 0.25) is 0 Å². The van der Waals surface area contributed by atoms with Crippen molar-refractivity contribution in [1.29, 1.82) is 0 Å². The molecule has 2 rings (SSSR count). The van der Waals surface area contributed by atoms with Crippen LogP contribution in [0, 0.1) is 11.8 Å². The van der Waals surface area contributed by atoms with Gasteiger partial charge in [-0.2, -0.15) is 11.8 Å². The molecule has 2 aliphatic heterocycles. The smallest absolute Gasteiger partial charge is 0.110 e. The van der Waals surface area contributed by atoms with E-state index in [0.717, 1.165) is 12.2 Å². The van der Waals surface area contributed by atoms with Gasteiger partial charge >= 0.3 is 0 Å². The minimum absolute atomic E-state index is 0.0221. The van der Waals surface area contributed by atoms with Gasteiger partial charge in [-0.1, -0.05) is 20.8 Å². The van der Waals surface area contributed by atoms with E-state index in [9.17, 15) is 0 Å². The van der Waals surface area contributed by atoms with E-state index in [1.54, 1.807) is 0 Å². The molecule has 2 saturated heterocycles. The lowest BCUT2D eigenvalue weighted by molar-refractivity contribution is -0.0272. The first-order chi connectivity index (χ1) is 6.10. The van der Waals surface area contributed by atoms with Gasteiger partial charge in [-0.15, -0.1) is 0 Å². The fraction of sp³-hybridized carbons (Fsp3) is 1.00. The van der Waals surface area contributed by atoms with Crippen LogP contribution in [0.4, 0.5) is 0 Å². The highest BCUT2D eigenvalue weighted by Gasteiger charge is 2.58. The second kappa shape index (κ2) is 3.20. The van der Waals surface area contributed by atoms with Gasteiger partial charge in [0.15, 0.2) is 0 Å². The molecule has 2 unspecified atom stereocenters. The lowest BCUT2D eigenvalue weighted by Gasteiger charge is -2.32. The van der Waals surface area contributed by atoms with Crippen LogP contribution in [-0.2, 0) is 4.74 Å². The van der Waals surface area contributed by atoms with Gasteiger partial charge in [0.1, 0.15) is 7.85 Å². The number of ether oxygens (including phenoxy) is 1. The first-order valence-corrected chi connectivity index (χ1v) is 6.20. The number of fused-ring (bicyclic) bond motifs is 2. The maximum Gasteiger partial charge on any atom is 0.110 e. The van der Waals surface area contributed by atoms with Crippen LogP contribution in [0.25, 0.3) is 0 Å². The summed E-state index contributed by atoms with van der Waals surface area (Å²) in [5, 5.41) is 0.542. The van der Waals surface area contributed by atoms with Crippen LogP contribution in [0.5, 0.6) is 0 Å². The Hall–Kier alpha value is 0.375. The minimum atomic E-state index is -0.0221. The van der Waals surface area contributed by atoms with Gasteiger partial charge < -0.3 is 4.74 Å². The summed E-state index contributed by atoms with van der Waals surface area (Å²) >= 11 is 2.01. The third-order valence-electron chi connectivity index (χ3n) is 3.49. The molecule has 1 nitrogen and oxygen atoms in total. The molecule has 0 amide bonds. The third-order valence-corrected chi connectivity index (χ3v) is 5.09. The van der Waals surface area contributed by atoms with Crippen molar-refractivity contribution in [2.24, 2.45) is 11.8 Å². The van der Waals surface area contributed by atoms with E-state index in [1.807, 2.05) is 11.8 Å². The lowest BCUT2D eigenvalue weighted by atomic mass is 9.77. The average Bonchev–Trinajstić information content (AvgIpc) is 2.56. The van der Waals surface area contributed by atoms with Crippen LogP contribution in [0.3, 0.4) is 0 Å². The van der Waals surface area contributed by atoms with Crippen LogP contribution < -0.4 is 0 Å². The number of hydrogen-bond acceptors (Lipinski definition) is 2. The quantitative estimate of drug-likeness (QED) is 0.625. The van der Waals surface area contributed by atoms with Crippen LogP contribution in [0.1, 0.15) is 27.2 Å². The fourth-order valence-electron chi connectivity index (χ4n) is 2.89. The molecule has 2 fully saturated rings. The molecule has 2 radical (unpaired) electrons. The highest BCUT2D eigenvalue weighted by Crippen LogP contribution is 2.55. The summed E-state index contributed by atoms with van der Waals surface area (Å²) in [6.07, 6.45) is 1.10. The molecule has 0 saturated carbocycles. The zero-order chi connectivity index (χ0) is 9.64. The summed E-state index contributed by atoms with van der Waals surface area (Å²) in [6.45, 7) is 6.79. The maximum atomic E-state index is 5.97. The van der Waals surface area contributed by atoms with Crippen LogP contribution >= 0.6 is 11.8 Å². The number of thioether (sulfide) groups is 1. The van der Waals surface area contributed by atoms with E-state index in [4.69, 9.17) is 12.6 Å². The molecule has 0 aliphatic carbocycles. The van der Waals surface area contributed by atoms with Gasteiger partial charge in [-0.3, -0.25) is 0 Å². The van der Waals surface area contributed by atoms with Crippen molar-refractivity contribution >= 4 is 19.6 Å².